The highest BCUT2D eigenvalue weighted by Crippen LogP contribution is 2.11. The third-order valence-corrected chi connectivity index (χ3v) is 5.43. The second kappa shape index (κ2) is 13.2. The number of nitrogens with one attached hydrogen (secondary N) is 3. The van der Waals surface area contributed by atoms with Crippen LogP contribution in [0.25, 0.3) is 0 Å². The normalized spacial score (nSPS) is 17.2. The molecule has 9 nitrogen and oxygen atoms in total. The topological polar surface area (TPSA) is 151 Å². The molecule has 0 aromatic rings. The van der Waals surface area contributed by atoms with Gasteiger partial charge in [-0.3, -0.25) is 14.4 Å². The lowest BCUT2D eigenvalue weighted by molar-refractivity contribution is -0.143. The maximum absolute atomic E-state index is 12.8. The molecule has 6 N–H and O–H groups in total. The molecule has 0 spiro atoms. The molecular weight excluding hydrogens is 388 g/mol. The van der Waals surface area contributed by atoms with Gasteiger partial charge in [0.25, 0.3) is 0 Å². The van der Waals surface area contributed by atoms with Crippen molar-refractivity contribution in [2.24, 2.45) is 23.5 Å². The minimum Gasteiger partial charge on any atom is -0.480 e. The largest absolute Gasteiger partial charge is 0.480 e. The molecule has 9 heteroatoms. The Morgan fingerprint density at radius 2 is 1.33 bits per heavy atom. The number of carbonyl (C=O) groups is 4. The Bertz CT molecular complexity index is 596. The van der Waals surface area contributed by atoms with Crippen LogP contribution in [0.1, 0.15) is 67.7 Å². The van der Waals surface area contributed by atoms with E-state index in [1.165, 1.54) is 6.92 Å². The lowest BCUT2D eigenvalue weighted by atomic mass is 9.96. The van der Waals surface area contributed by atoms with Crippen LogP contribution in [0.3, 0.4) is 0 Å². The summed E-state index contributed by atoms with van der Waals surface area (Å²) in [6.45, 7) is 12.7. The summed E-state index contributed by atoms with van der Waals surface area (Å²) in [4.78, 5) is 49.1. The van der Waals surface area contributed by atoms with Gasteiger partial charge in [-0.15, -0.1) is 0 Å². The predicted molar refractivity (Wildman–Crippen MR) is 115 cm³/mol. The molecule has 0 aliphatic rings. The fraction of sp³-hybridized carbons (Fsp3) is 0.810. The van der Waals surface area contributed by atoms with Crippen molar-refractivity contribution in [1.29, 1.82) is 0 Å². The van der Waals surface area contributed by atoms with Gasteiger partial charge in [0.2, 0.25) is 17.7 Å². The number of carboxylic acids is 1. The molecule has 0 rings (SSSR count). The van der Waals surface area contributed by atoms with Crippen molar-refractivity contribution < 1.29 is 24.3 Å². The van der Waals surface area contributed by atoms with Crippen molar-refractivity contribution in [3.63, 3.8) is 0 Å². The van der Waals surface area contributed by atoms with Crippen molar-refractivity contribution in [2.45, 2.75) is 91.9 Å². The number of rotatable bonds is 13. The molecule has 30 heavy (non-hydrogen) atoms. The van der Waals surface area contributed by atoms with Gasteiger partial charge in [0.15, 0.2) is 0 Å². The van der Waals surface area contributed by atoms with Crippen LogP contribution in [0.4, 0.5) is 0 Å². The molecular formula is C21H40N4O5. The van der Waals surface area contributed by atoms with Gasteiger partial charge in [-0.2, -0.15) is 0 Å². The minimum atomic E-state index is -1.12. The third-order valence-electron chi connectivity index (χ3n) is 5.43. The molecule has 0 saturated carbocycles. The molecule has 0 bridgehead atoms. The van der Waals surface area contributed by atoms with Gasteiger partial charge >= 0.3 is 5.97 Å². The van der Waals surface area contributed by atoms with Crippen molar-refractivity contribution >= 4 is 23.7 Å². The lowest BCUT2D eigenvalue weighted by Crippen LogP contribution is -2.58. The van der Waals surface area contributed by atoms with Crippen molar-refractivity contribution in [1.82, 2.24) is 16.0 Å². The molecule has 0 saturated heterocycles. The SMILES string of the molecule is CCC(C)C(N)C(=O)NC(C)C(=O)NC(C(=O)NC(CC(C)C)C(=O)O)C(C)CC. The van der Waals surface area contributed by atoms with E-state index in [1.54, 1.807) is 6.92 Å². The maximum Gasteiger partial charge on any atom is 0.326 e. The number of nitrogens with two attached hydrogens (primary N) is 1. The first kappa shape index (κ1) is 27.8. The van der Waals surface area contributed by atoms with E-state index in [-0.39, 0.29) is 24.2 Å². The van der Waals surface area contributed by atoms with E-state index in [0.717, 1.165) is 6.42 Å². The van der Waals surface area contributed by atoms with Gasteiger partial charge in [0.05, 0.1) is 6.04 Å². The maximum atomic E-state index is 12.8. The van der Waals surface area contributed by atoms with Gasteiger partial charge in [0, 0.05) is 0 Å². The summed E-state index contributed by atoms with van der Waals surface area (Å²) in [5, 5.41) is 17.1. The zero-order valence-electron chi connectivity index (χ0n) is 19.3. The van der Waals surface area contributed by atoms with E-state index in [2.05, 4.69) is 16.0 Å². The van der Waals surface area contributed by atoms with Crippen molar-refractivity contribution in [2.75, 3.05) is 0 Å². The Morgan fingerprint density at radius 3 is 1.77 bits per heavy atom. The molecule has 6 atom stereocenters. The fourth-order valence-corrected chi connectivity index (χ4v) is 2.82. The summed E-state index contributed by atoms with van der Waals surface area (Å²) in [6.07, 6.45) is 1.61. The van der Waals surface area contributed by atoms with Crippen LogP contribution < -0.4 is 21.7 Å². The molecule has 0 radical (unpaired) electrons. The highest BCUT2D eigenvalue weighted by molar-refractivity contribution is 5.94. The summed E-state index contributed by atoms with van der Waals surface area (Å²) in [6, 6.07) is -3.57. The Morgan fingerprint density at radius 1 is 0.800 bits per heavy atom. The number of carbonyl (C=O) groups excluding carboxylic acids is 3. The Hall–Kier alpha value is -2.16. The number of hydrogen-bond donors (Lipinski definition) is 5. The summed E-state index contributed by atoms with van der Waals surface area (Å²) >= 11 is 0. The fourth-order valence-electron chi connectivity index (χ4n) is 2.82. The van der Waals surface area contributed by atoms with Gasteiger partial charge in [0.1, 0.15) is 18.1 Å². The first-order valence-electron chi connectivity index (χ1n) is 10.7. The van der Waals surface area contributed by atoms with Gasteiger partial charge in [-0.1, -0.05) is 54.4 Å². The zero-order valence-corrected chi connectivity index (χ0v) is 19.3. The predicted octanol–water partition coefficient (Wildman–Crippen LogP) is 1.01. The average Bonchev–Trinajstić information content (AvgIpc) is 2.68. The second-order valence-electron chi connectivity index (χ2n) is 8.54. The number of aliphatic carboxylic acids is 1. The van der Waals surface area contributed by atoms with Crippen LogP contribution in [-0.4, -0.2) is 53.0 Å². The van der Waals surface area contributed by atoms with Crippen molar-refractivity contribution in [3.05, 3.63) is 0 Å². The molecule has 0 heterocycles. The highest BCUT2D eigenvalue weighted by atomic mass is 16.4. The van der Waals surface area contributed by atoms with Crippen LogP contribution >= 0.6 is 0 Å². The molecule has 3 amide bonds. The number of hydrogen-bond acceptors (Lipinski definition) is 5. The van der Waals surface area contributed by atoms with Gasteiger partial charge < -0.3 is 26.8 Å². The van der Waals surface area contributed by atoms with E-state index in [1.807, 2.05) is 34.6 Å². The van der Waals surface area contributed by atoms with Crippen LogP contribution in [-0.2, 0) is 19.2 Å². The Kier molecular flexibility index (Phi) is 12.3. The van der Waals surface area contributed by atoms with E-state index in [9.17, 15) is 24.3 Å². The Labute approximate surface area is 179 Å². The first-order chi connectivity index (χ1) is 13.8. The van der Waals surface area contributed by atoms with E-state index < -0.39 is 47.9 Å². The lowest BCUT2D eigenvalue weighted by Gasteiger charge is -2.27. The summed E-state index contributed by atoms with van der Waals surface area (Å²) in [5.41, 5.74) is 5.90. The van der Waals surface area contributed by atoms with E-state index >= 15 is 0 Å². The van der Waals surface area contributed by atoms with Crippen LogP contribution in [0.2, 0.25) is 0 Å². The van der Waals surface area contributed by atoms with Crippen LogP contribution in [0, 0.1) is 17.8 Å². The molecule has 174 valence electrons. The minimum absolute atomic E-state index is 0.0344. The first-order valence-corrected chi connectivity index (χ1v) is 10.7. The smallest absolute Gasteiger partial charge is 0.326 e. The molecule has 6 unspecified atom stereocenters. The quantitative estimate of drug-likeness (QED) is 0.295. The molecule has 0 aromatic heterocycles. The average molecular weight is 429 g/mol. The molecule has 0 fully saturated rings. The van der Waals surface area contributed by atoms with Gasteiger partial charge in [-0.05, 0) is 31.1 Å². The van der Waals surface area contributed by atoms with E-state index in [4.69, 9.17) is 5.73 Å². The van der Waals surface area contributed by atoms with Crippen LogP contribution in [0.5, 0.6) is 0 Å². The summed E-state index contributed by atoms with van der Waals surface area (Å²) in [7, 11) is 0. The van der Waals surface area contributed by atoms with Crippen LogP contribution in [0.15, 0.2) is 0 Å². The van der Waals surface area contributed by atoms with E-state index in [0.29, 0.717) is 6.42 Å². The third kappa shape index (κ3) is 9.11. The van der Waals surface area contributed by atoms with Gasteiger partial charge in [-0.25, -0.2) is 4.79 Å². The molecule has 0 aliphatic carbocycles. The number of amides is 3. The molecule has 0 aliphatic heterocycles. The second-order valence-corrected chi connectivity index (χ2v) is 8.54. The standard InChI is InChI=1S/C21H40N4O5/c1-8-12(5)16(22)19(27)23-14(7)18(26)25-17(13(6)9-2)20(28)24-15(21(29)30)10-11(3)4/h11-17H,8-10,22H2,1-7H3,(H,23,27)(H,24,28)(H,25,26)(H,29,30). The number of carboxylic acid groups (broad SMARTS) is 1. The monoisotopic (exact) mass is 428 g/mol. The van der Waals surface area contributed by atoms with Crippen molar-refractivity contribution in [3.8, 4) is 0 Å². The zero-order chi connectivity index (χ0) is 23.6. The molecule has 0 aromatic carbocycles. The summed E-state index contributed by atoms with van der Waals surface area (Å²) < 4.78 is 0. The Balaban J connectivity index is 5.19. The summed E-state index contributed by atoms with van der Waals surface area (Å²) in [5.74, 6) is -2.82. The highest BCUT2D eigenvalue weighted by Gasteiger charge is 2.32.